The lowest BCUT2D eigenvalue weighted by Crippen LogP contribution is -2.34. The molecule has 0 radical (unpaired) electrons. The van der Waals surface area contributed by atoms with E-state index in [2.05, 4.69) is 0 Å². The van der Waals surface area contributed by atoms with Gasteiger partial charge < -0.3 is 20.2 Å². The molecule has 0 saturated carbocycles. The van der Waals surface area contributed by atoms with Crippen molar-refractivity contribution in [2.45, 2.75) is 0 Å². The summed E-state index contributed by atoms with van der Waals surface area (Å²) in [5.41, 5.74) is 0.187. The molecule has 0 aliphatic rings. The number of hydrogen-bond acceptors (Lipinski definition) is 4. The normalized spacial score (nSPS) is 9.75. The fourth-order valence-corrected chi connectivity index (χ4v) is 1.28. The molecule has 0 bridgehead atoms. The lowest BCUT2D eigenvalue weighted by atomic mass is 10.2. The fourth-order valence-electron chi connectivity index (χ4n) is 1.28. The van der Waals surface area contributed by atoms with Gasteiger partial charge in [-0.1, -0.05) is 12.1 Å². The number of benzene rings is 1. The standard InChI is InChI=1S/C10H11NO5/c12-8-4-2-1-3-7(8)11(5-9(13)14)6-10(15)16/h1-4,12H,5-6H2,(H,13,14)(H,15,16). The van der Waals surface area contributed by atoms with E-state index in [9.17, 15) is 14.7 Å². The van der Waals surface area contributed by atoms with Gasteiger partial charge in [0.2, 0.25) is 0 Å². The number of phenolic OH excluding ortho intramolecular Hbond substituents is 1. The van der Waals surface area contributed by atoms with Crippen LogP contribution in [0.3, 0.4) is 0 Å². The number of carboxylic acids is 2. The highest BCUT2D eigenvalue weighted by atomic mass is 16.4. The first-order valence-electron chi connectivity index (χ1n) is 4.47. The predicted octanol–water partition coefficient (Wildman–Crippen LogP) is 0.368. The molecule has 0 amide bonds. The number of aliphatic carboxylic acids is 2. The van der Waals surface area contributed by atoms with E-state index in [0.29, 0.717) is 0 Å². The Kier molecular flexibility index (Phi) is 3.71. The quantitative estimate of drug-likeness (QED) is 0.669. The second-order valence-electron chi connectivity index (χ2n) is 3.13. The predicted molar refractivity (Wildman–Crippen MR) is 55.6 cm³/mol. The van der Waals surface area contributed by atoms with Crippen LogP contribution in [0.2, 0.25) is 0 Å². The Morgan fingerprint density at radius 3 is 2.00 bits per heavy atom. The largest absolute Gasteiger partial charge is 0.506 e. The first-order valence-corrected chi connectivity index (χ1v) is 4.47. The van der Waals surface area contributed by atoms with Crippen LogP contribution in [0.25, 0.3) is 0 Å². The summed E-state index contributed by atoms with van der Waals surface area (Å²) in [6.07, 6.45) is 0. The minimum Gasteiger partial charge on any atom is -0.506 e. The molecule has 0 aromatic heterocycles. The molecule has 0 atom stereocenters. The number of phenols is 1. The topological polar surface area (TPSA) is 98.1 Å². The number of rotatable bonds is 5. The van der Waals surface area contributed by atoms with E-state index < -0.39 is 25.0 Å². The van der Waals surface area contributed by atoms with Crippen LogP contribution in [0.1, 0.15) is 0 Å². The van der Waals surface area contributed by atoms with Gasteiger partial charge in [0.25, 0.3) is 0 Å². The van der Waals surface area contributed by atoms with Gasteiger partial charge in [-0.25, -0.2) is 0 Å². The van der Waals surface area contributed by atoms with E-state index >= 15 is 0 Å². The van der Waals surface area contributed by atoms with Gasteiger partial charge >= 0.3 is 11.9 Å². The molecule has 1 aromatic rings. The smallest absolute Gasteiger partial charge is 0.323 e. The summed E-state index contributed by atoms with van der Waals surface area (Å²) in [7, 11) is 0. The lowest BCUT2D eigenvalue weighted by molar-refractivity contribution is -0.136. The summed E-state index contributed by atoms with van der Waals surface area (Å²) in [6, 6.07) is 5.98. The average Bonchev–Trinajstić information content (AvgIpc) is 2.15. The highest BCUT2D eigenvalue weighted by Crippen LogP contribution is 2.25. The van der Waals surface area contributed by atoms with Gasteiger partial charge in [-0.15, -0.1) is 0 Å². The molecule has 0 spiro atoms. The molecule has 1 rings (SSSR count). The molecular formula is C10H11NO5. The molecule has 6 nitrogen and oxygen atoms in total. The van der Waals surface area contributed by atoms with Crippen molar-refractivity contribution in [2.75, 3.05) is 18.0 Å². The molecule has 6 heteroatoms. The maximum Gasteiger partial charge on any atom is 0.323 e. The Labute approximate surface area is 91.4 Å². The Hall–Kier alpha value is -2.24. The van der Waals surface area contributed by atoms with Gasteiger partial charge in [-0.05, 0) is 12.1 Å². The Bertz CT molecular complexity index is 388. The monoisotopic (exact) mass is 225 g/mol. The van der Waals surface area contributed by atoms with Crippen molar-refractivity contribution in [3.8, 4) is 5.75 Å². The molecule has 0 saturated heterocycles. The number of para-hydroxylation sites is 2. The van der Waals surface area contributed by atoms with Crippen molar-refractivity contribution in [1.29, 1.82) is 0 Å². The second-order valence-corrected chi connectivity index (χ2v) is 3.13. The summed E-state index contributed by atoms with van der Waals surface area (Å²) in [4.78, 5) is 22.2. The molecule has 0 unspecified atom stereocenters. The first-order chi connectivity index (χ1) is 7.50. The van der Waals surface area contributed by atoms with E-state index in [1.807, 2.05) is 0 Å². The molecule has 16 heavy (non-hydrogen) atoms. The minimum absolute atomic E-state index is 0.148. The van der Waals surface area contributed by atoms with Crippen LogP contribution < -0.4 is 4.90 Å². The van der Waals surface area contributed by atoms with Crippen LogP contribution in [-0.4, -0.2) is 40.3 Å². The van der Waals surface area contributed by atoms with Crippen molar-refractivity contribution < 1.29 is 24.9 Å². The van der Waals surface area contributed by atoms with Crippen LogP contribution in [0.4, 0.5) is 5.69 Å². The molecule has 86 valence electrons. The van der Waals surface area contributed by atoms with Crippen molar-refractivity contribution in [3.05, 3.63) is 24.3 Å². The van der Waals surface area contributed by atoms with Crippen LogP contribution in [0, 0.1) is 0 Å². The van der Waals surface area contributed by atoms with E-state index in [1.54, 1.807) is 12.1 Å². The zero-order valence-electron chi connectivity index (χ0n) is 8.33. The lowest BCUT2D eigenvalue weighted by Gasteiger charge is -2.21. The maximum absolute atomic E-state index is 10.6. The number of hydrogen-bond donors (Lipinski definition) is 3. The van der Waals surface area contributed by atoms with Crippen LogP contribution in [0.5, 0.6) is 5.75 Å². The highest BCUT2D eigenvalue weighted by Gasteiger charge is 2.16. The van der Waals surface area contributed by atoms with Gasteiger partial charge in [0.1, 0.15) is 18.8 Å². The summed E-state index contributed by atoms with van der Waals surface area (Å²) >= 11 is 0. The SMILES string of the molecule is O=C(O)CN(CC(=O)O)c1ccccc1O. The Morgan fingerprint density at radius 1 is 1.06 bits per heavy atom. The molecule has 0 fully saturated rings. The summed E-state index contributed by atoms with van der Waals surface area (Å²) in [6.45, 7) is -0.965. The van der Waals surface area contributed by atoms with E-state index in [1.165, 1.54) is 12.1 Å². The number of aromatic hydroxyl groups is 1. The Morgan fingerprint density at radius 2 is 1.56 bits per heavy atom. The van der Waals surface area contributed by atoms with Gasteiger partial charge in [0, 0.05) is 0 Å². The molecule has 0 aliphatic carbocycles. The first kappa shape index (κ1) is 11.8. The zero-order valence-corrected chi connectivity index (χ0v) is 8.33. The van der Waals surface area contributed by atoms with Crippen molar-refractivity contribution in [3.63, 3.8) is 0 Å². The molecular weight excluding hydrogens is 214 g/mol. The third-order valence-corrected chi connectivity index (χ3v) is 1.87. The second kappa shape index (κ2) is 5.01. The average molecular weight is 225 g/mol. The minimum atomic E-state index is -1.16. The Balaban J connectivity index is 2.96. The number of carboxylic acid groups (broad SMARTS) is 2. The van der Waals surface area contributed by atoms with E-state index in [-0.39, 0.29) is 11.4 Å². The van der Waals surface area contributed by atoms with Crippen molar-refractivity contribution in [2.24, 2.45) is 0 Å². The maximum atomic E-state index is 10.6. The molecule has 3 N–H and O–H groups in total. The number of carbonyl (C=O) groups is 2. The third kappa shape index (κ3) is 3.16. The van der Waals surface area contributed by atoms with Crippen LogP contribution in [0.15, 0.2) is 24.3 Å². The third-order valence-electron chi connectivity index (χ3n) is 1.87. The van der Waals surface area contributed by atoms with Gasteiger partial charge in [0.15, 0.2) is 0 Å². The van der Waals surface area contributed by atoms with Gasteiger partial charge in [-0.2, -0.15) is 0 Å². The van der Waals surface area contributed by atoms with E-state index in [4.69, 9.17) is 10.2 Å². The summed E-state index contributed by atoms with van der Waals surface area (Å²) in [5.74, 6) is -2.47. The summed E-state index contributed by atoms with van der Waals surface area (Å²) < 4.78 is 0. The number of anilines is 1. The molecule has 0 aliphatic heterocycles. The molecule has 1 aromatic carbocycles. The zero-order chi connectivity index (χ0) is 12.1. The van der Waals surface area contributed by atoms with Gasteiger partial charge in [-0.3, -0.25) is 9.59 Å². The number of nitrogens with zero attached hydrogens (tertiary/aromatic N) is 1. The van der Waals surface area contributed by atoms with Crippen molar-refractivity contribution in [1.82, 2.24) is 0 Å². The van der Waals surface area contributed by atoms with Crippen LogP contribution in [-0.2, 0) is 9.59 Å². The van der Waals surface area contributed by atoms with Crippen molar-refractivity contribution >= 4 is 17.6 Å². The highest BCUT2D eigenvalue weighted by molar-refractivity contribution is 5.80. The van der Waals surface area contributed by atoms with E-state index in [0.717, 1.165) is 4.90 Å². The molecule has 0 heterocycles. The van der Waals surface area contributed by atoms with Gasteiger partial charge in [0.05, 0.1) is 5.69 Å². The summed E-state index contributed by atoms with van der Waals surface area (Å²) in [5, 5.41) is 26.7. The fraction of sp³-hybridized carbons (Fsp3) is 0.200. The van der Waals surface area contributed by atoms with Crippen LogP contribution >= 0.6 is 0 Å².